The van der Waals surface area contributed by atoms with E-state index in [1.54, 1.807) is 48.5 Å². The minimum Gasteiger partial charge on any atom is -0.457 e. The van der Waals surface area contributed by atoms with Crippen LogP contribution in [0.3, 0.4) is 0 Å². The minimum absolute atomic E-state index is 0.0591. The molecule has 0 unspecified atom stereocenters. The summed E-state index contributed by atoms with van der Waals surface area (Å²) in [6.07, 6.45) is 2.91. The SMILES string of the molecule is O=C(/C=C/c1ccc(-c2ccc(Cl)cc2Cl)o1)NC(=S)N1CCN(c2ccc([N+](=O)[O-])cc2)CC1. The zero-order chi connectivity index (χ0) is 24.9. The fourth-order valence-corrected chi connectivity index (χ4v) is 4.40. The first-order valence-electron chi connectivity index (χ1n) is 10.6. The van der Waals surface area contributed by atoms with Gasteiger partial charge >= 0.3 is 0 Å². The van der Waals surface area contributed by atoms with Crippen molar-refractivity contribution in [1.82, 2.24) is 10.2 Å². The Balaban J connectivity index is 1.28. The first kappa shape index (κ1) is 24.7. The number of carbonyl (C=O) groups is 1. The van der Waals surface area contributed by atoms with Crippen molar-refractivity contribution in [2.45, 2.75) is 0 Å². The average Bonchev–Trinajstić information content (AvgIpc) is 3.31. The number of halogens is 2. The normalized spacial score (nSPS) is 13.8. The van der Waals surface area contributed by atoms with E-state index in [0.29, 0.717) is 58.4 Å². The summed E-state index contributed by atoms with van der Waals surface area (Å²) in [5.74, 6) is 0.687. The molecule has 1 amide bonds. The molecule has 0 atom stereocenters. The fourth-order valence-electron chi connectivity index (χ4n) is 3.61. The molecule has 0 bridgehead atoms. The summed E-state index contributed by atoms with van der Waals surface area (Å²) >= 11 is 17.5. The molecule has 1 aliphatic rings. The van der Waals surface area contributed by atoms with Crippen LogP contribution in [-0.4, -0.2) is 47.0 Å². The van der Waals surface area contributed by atoms with E-state index in [-0.39, 0.29) is 11.6 Å². The van der Waals surface area contributed by atoms with Crippen molar-refractivity contribution in [3.05, 3.63) is 86.6 Å². The Morgan fingerprint density at radius 1 is 1.06 bits per heavy atom. The van der Waals surface area contributed by atoms with Crippen molar-refractivity contribution >= 4 is 63.9 Å². The predicted molar refractivity (Wildman–Crippen MR) is 141 cm³/mol. The Labute approximate surface area is 216 Å². The first-order valence-corrected chi connectivity index (χ1v) is 11.8. The number of non-ortho nitro benzene ring substituents is 1. The molecule has 1 aliphatic heterocycles. The Hall–Kier alpha value is -3.40. The first-order chi connectivity index (χ1) is 16.8. The van der Waals surface area contributed by atoms with E-state index in [1.807, 2.05) is 4.90 Å². The van der Waals surface area contributed by atoms with Crippen molar-refractivity contribution in [3.63, 3.8) is 0 Å². The number of piperazine rings is 1. The van der Waals surface area contributed by atoms with E-state index in [9.17, 15) is 14.9 Å². The van der Waals surface area contributed by atoms with Crippen LogP contribution in [0, 0.1) is 10.1 Å². The monoisotopic (exact) mass is 530 g/mol. The van der Waals surface area contributed by atoms with Crippen LogP contribution in [0.5, 0.6) is 0 Å². The molecule has 0 aliphatic carbocycles. The molecule has 1 aromatic heterocycles. The molecule has 3 aromatic rings. The van der Waals surface area contributed by atoms with Gasteiger partial charge in [0.1, 0.15) is 11.5 Å². The van der Waals surface area contributed by atoms with Crippen molar-refractivity contribution in [2.75, 3.05) is 31.1 Å². The second kappa shape index (κ2) is 10.9. The number of carbonyl (C=O) groups excluding carboxylic acids is 1. The number of thiocarbonyl (C=S) groups is 1. The molecule has 0 radical (unpaired) electrons. The molecular weight excluding hydrogens is 511 g/mol. The molecule has 0 saturated carbocycles. The summed E-state index contributed by atoms with van der Waals surface area (Å²) in [5, 5.41) is 14.9. The fraction of sp³-hybridized carbons (Fsp3) is 0.167. The van der Waals surface area contributed by atoms with Gasteiger partial charge < -0.3 is 14.2 Å². The van der Waals surface area contributed by atoms with E-state index < -0.39 is 4.92 Å². The number of rotatable bonds is 5. The van der Waals surface area contributed by atoms with Gasteiger partial charge in [-0.2, -0.15) is 0 Å². The number of furan rings is 1. The molecule has 35 heavy (non-hydrogen) atoms. The summed E-state index contributed by atoms with van der Waals surface area (Å²) in [7, 11) is 0. The number of nitro groups is 1. The molecule has 0 spiro atoms. The van der Waals surface area contributed by atoms with Crippen molar-refractivity contribution < 1.29 is 14.1 Å². The van der Waals surface area contributed by atoms with Crippen molar-refractivity contribution in [3.8, 4) is 11.3 Å². The Bertz CT molecular complexity index is 1280. The molecule has 4 rings (SSSR count). The maximum atomic E-state index is 12.4. The van der Waals surface area contributed by atoms with Crippen LogP contribution in [0.2, 0.25) is 10.0 Å². The quantitative estimate of drug-likeness (QED) is 0.204. The number of benzene rings is 2. The maximum Gasteiger partial charge on any atom is 0.269 e. The lowest BCUT2D eigenvalue weighted by atomic mass is 10.2. The van der Waals surface area contributed by atoms with Crippen LogP contribution in [0.15, 0.2) is 65.1 Å². The third-order valence-electron chi connectivity index (χ3n) is 5.45. The van der Waals surface area contributed by atoms with Crippen LogP contribution >= 0.6 is 35.4 Å². The van der Waals surface area contributed by atoms with E-state index >= 15 is 0 Å². The average molecular weight is 531 g/mol. The molecule has 180 valence electrons. The van der Waals surface area contributed by atoms with E-state index in [4.69, 9.17) is 39.8 Å². The standard InChI is InChI=1S/C24H20Cl2N4O4S/c25-16-1-8-20(21(26)15-16)22-9-6-19(34-22)7-10-23(31)27-24(35)29-13-11-28(12-14-29)17-2-4-18(5-3-17)30(32)33/h1-10,15H,11-14H2,(H,27,31,35)/b10-7+. The number of amides is 1. The molecule has 2 heterocycles. The topological polar surface area (TPSA) is 91.9 Å². The third-order valence-corrected chi connectivity index (χ3v) is 6.35. The van der Waals surface area contributed by atoms with Crippen molar-refractivity contribution in [1.29, 1.82) is 0 Å². The molecule has 1 N–H and O–H groups in total. The molecule has 1 saturated heterocycles. The molecule has 11 heteroatoms. The smallest absolute Gasteiger partial charge is 0.269 e. The summed E-state index contributed by atoms with van der Waals surface area (Å²) < 4.78 is 5.76. The Morgan fingerprint density at radius 2 is 1.77 bits per heavy atom. The van der Waals surface area contributed by atoms with Gasteiger partial charge in [0.15, 0.2) is 5.11 Å². The zero-order valence-corrected chi connectivity index (χ0v) is 20.6. The summed E-state index contributed by atoms with van der Waals surface area (Å²) in [4.78, 5) is 26.8. The lowest BCUT2D eigenvalue weighted by Crippen LogP contribution is -2.52. The van der Waals surface area contributed by atoms with Crippen LogP contribution in [0.25, 0.3) is 17.4 Å². The maximum absolute atomic E-state index is 12.4. The van der Waals surface area contributed by atoms with Gasteiger partial charge in [-0.25, -0.2) is 0 Å². The lowest BCUT2D eigenvalue weighted by Gasteiger charge is -2.37. The van der Waals surface area contributed by atoms with Crippen molar-refractivity contribution in [2.24, 2.45) is 0 Å². The summed E-state index contributed by atoms with van der Waals surface area (Å²) in [6, 6.07) is 15.1. The predicted octanol–water partition coefficient (Wildman–Crippen LogP) is 5.40. The highest BCUT2D eigenvalue weighted by Crippen LogP contribution is 2.31. The van der Waals surface area contributed by atoms with Crippen LogP contribution in [0.1, 0.15) is 5.76 Å². The van der Waals surface area contributed by atoms with Gasteiger partial charge in [-0.3, -0.25) is 20.2 Å². The van der Waals surface area contributed by atoms with Gasteiger partial charge in [0, 0.05) is 60.7 Å². The number of nitrogens with zero attached hydrogens (tertiary/aromatic N) is 3. The highest BCUT2D eigenvalue weighted by molar-refractivity contribution is 7.80. The number of hydrogen-bond acceptors (Lipinski definition) is 6. The van der Waals surface area contributed by atoms with E-state index in [0.717, 1.165) is 5.69 Å². The number of anilines is 1. The highest BCUT2D eigenvalue weighted by Gasteiger charge is 2.20. The van der Waals surface area contributed by atoms with Gasteiger partial charge in [-0.15, -0.1) is 0 Å². The van der Waals surface area contributed by atoms with Crippen LogP contribution in [-0.2, 0) is 4.79 Å². The summed E-state index contributed by atoms with van der Waals surface area (Å²) in [6.45, 7) is 2.57. The zero-order valence-electron chi connectivity index (χ0n) is 18.3. The lowest BCUT2D eigenvalue weighted by molar-refractivity contribution is -0.384. The molecule has 2 aromatic carbocycles. The molecular formula is C24H20Cl2N4O4S. The van der Waals surface area contributed by atoms with Gasteiger partial charge in [-0.05, 0) is 60.8 Å². The van der Waals surface area contributed by atoms with Crippen LogP contribution < -0.4 is 10.2 Å². The van der Waals surface area contributed by atoms with E-state index in [2.05, 4.69) is 10.2 Å². The largest absolute Gasteiger partial charge is 0.457 e. The molecule has 8 nitrogen and oxygen atoms in total. The Kier molecular flexibility index (Phi) is 7.70. The van der Waals surface area contributed by atoms with Gasteiger partial charge in [0.2, 0.25) is 5.91 Å². The minimum atomic E-state index is -0.419. The van der Waals surface area contributed by atoms with Crippen LogP contribution in [0.4, 0.5) is 11.4 Å². The highest BCUT2D eigenvalue weighted by atomic mass is 35.5. The summed E-state index contributed by atoms with van der Waals surface area (Å²) in [5.41, 5.74) is 1.67. The van der Waals surface area contributed by atoms with Gasteiger partial charge in [0.25, 0.3) is 5.69 Å². The number of hydrogen-bond donors (Lipinski definition) is 1. The number of nitrogens with one attached hydrogen (secondary N) is 1. The second-order valence-corrected chi connectivity index (χ2v) is 8.93. The van der Waals surface area contributed by atoms with Gasteiger partial charge in [0.05, 0.1) is 9.95 Å². The number of nitro benzene ring substituents is 1. The third kappa shape index (κ3) is 6.19. The second-order valence-electron chi connectivity index (χ2n) is 7.70. The Morgan fingerprint density at radius 3 is 2.43 bits per heavy atom. The van der Waals surface area contributed by atoms with E-state index in [1.165, 1.54) is 18.2 Å². The van der Waals surface area contributed by atoms with Gasteiger partial charge in [-0.1, -0.05) is 23.2 Å². The molecule has 1 fully saturated rings.